The molecule has 0 unspecified atom stereocenters. The molecule has 0 spiro atoms. The first kappa shape index (κ1) is 20.4. The smallest absolute Gasteiger partial charge is 0.344 e. The summed E-state index contributed by atoms with van der Waals surface area (Å²) in [6.07, 6.45) is 0. The van der Waals surface area contributed by atoms with Crippen LogP contribution in [0.1, 0.15) is 26.3 Å². The summed E-state index contributed by atoms with van der Waals surface area (Å²) in [5, 5.41) is 0. The Morgan fingerprint density at radius 2 is 1.59 bits per heavy atom. The van der Waals surface area contributed by atoms with E-state index in [0.717, 1.165) is 5.56 Å². The van der Waals surface area contributed by atoms with Crippen molar-refractivity contribution in [2.45, 2.75) is 32.9 Å². The first-order valence-electron chi connectivity index (χ1n) is 8.64. The highest BCUT2D eigenvalue weighted by Crippen LogP contribution is 2.18. The number of benzene rings is 2. The summed E-state index contributed by atoms with van der Waals surface area (Å²) in [7, 11) is 0. The molecule has 0 fully saturated rings. The molecule has 0 atom stereocenters. The average molecular weight is 373 g/mol. The lowest BCUT2D eigenvalue weighted by atomic mass is 10.0. The van der Waals surface area contributed by atoms with Crippen molar-refractivity contribution in [3.8, 4) is 5.75 Å². The number of nitrogens with zero attached hydrogens (tertiary/aromatic N) is 1. The second-order valence-corrected chi connectivity index (χ2v) is 7.02. The van der Waals surface area contributed by atoms with E-state index in [0.29, 0.717) is 6.54 Å². The number of hydrogen-bond acceptors (Lipinski definition) is 4. The van der Waals surface area contributed by atoms with Gasteiger partial charge in [-0.05, 0) is 38.5 Å². The topological polar surface area (TPSA) is 55.8 Å². The van der Waals surface area contributed by atoms with Crippen molar-refractivity contribution in [3.63, 3.8) is 0 Å². The van der Waals surface area contributed by atoms with Crippen LogP contribution < -0.4 is 4.74 Å². The second-order valence-electron chi connectivity index (χ2n) is 7.02. The Bertz CT molecular complexity index is 771. The summed E-state index contributed by atoms with van der Waals surface area (Å²) < 4.78 is 23.5. The Kier molecular flexibility index (Phi) is 6.93. The molecule has 144 valence electrons. The van der Waals surface area contributed by atoms with Gasteiger partial charge in [0.15, 0.2) is 24.8 Å². The summed E-state index contributed by atoms with van der Waals surface area (Å²) in [5.74, 6) is -1.66. The maximum atomic E-state index is 13.5. The van der Waals surface area contributed by atoms with Crippen molar-refractivity contribution >= 4 is 11.9 Å². The Balaban J connectivity index is 1.89. The van der Waals surface area contributed by atoms with Gasteiger partial charge < -0.3 is 14.4 Å². The number of para-hydroxylation sites is 1. The van der Waals surface area contributed by atoms with Crippen LogP contribution in [0.2, 0.25) is 0 Å². The number of ether oxygens (including phenoxy) is 2. The molecule has 27 heavy (non-hydrogen) atoms. The molecule has 0 aliphatic rings. The predicted octanol–water partition coefficient (Wildman–Crippen LogP) is 3.58. The van der Waals surface area contributed by atoms with Crippen molar-refractivity contribution in [2.75, 3.05) is 13.2 Å². The lowest BCUT2D eigenvalue weighted by Crippen LogP contribution is -2.47. The third kappa shape index (κ3) is 6.40. The molecular weight excluding hydrogens is 349 g/mol. The monoisotopic (exact) mass is 373 g/mol. The minimum Gasteiger partial charge on any atom is -0.479 e. The van der Waals surface area contributed by atoms with E-state index in [4.69, 9.17) is 9.47 Å². The molecule has 2 aromatic rings. The van der Waals surface area contributed by atoms with Gasteiger partial charge in [-0.1, -0.05) is 42.5 Å². The maximum Gasteiger partial charge on any atom is 0.344 e. The Hall–Kier alpha value is -2.89. The van der Waals surface area contributed by atoms with Gasteiger partial charge in [0.1, 0.15) is 0 Å². The number of hydrogen-bond donors (Lipinski definition) is 0. The molecule has 0 aliphatic carbocycles. The molecule has 0 saturated carbocycles. The van der Waals surface area contributed by atoms with Gasteiger partial charge in [-0.2, -0.15) is 0 Å². The van der Waals surface area contributed by atoms with E-state index >= 15 is 0 Å². The zero-order valence-corrected chi connectivity index (χ0v) is 15.8. The number of amides is 1. The van der Waals surface area contributed by atoms with E-state index in [1.807, 2.05) is 51.1 Å². The Morgan fingerprint density at radius 1 is 0.963 bits per heavy atom. The molecule has 0 aliphatic heterocycles. The zero-order chi connectivity index (χ0) is 19.9. The van der Waals surface area contributed by atoms with Gasteiger partial charge in [0.25, 0.3) is 5.91 Å². The van der Waals surface area contributed by atoms with Gasteiger partial charge in [0, 0.05) is 12.1 Å². The fourth-order valence-corrected chi connectivity index (χ4v) is 2.43. The molecule has 2 rings (SSSR count). The number of esters is 1. The normalized spacial score (nSPS) is 11.0. The van der Waals surface area contributed by atoms with E-state index in [1.54, 1.807) is 11.0 Å². The number of halogens is 1. The van der Waals surface area contributed by atoms with Crippen LogP contribution >= 0.6 is 0 Å². The lowest BCUT2D eigenvalue weighted by Gasteiger charge is -2.35. The van der Waals surface area contributed by atoms with Crippen LogP contribution in [0.4, 0.5) is 4.39 Å². The summed E-state index contributed by atoms with van der Waals surface area (Å²) in [5.41, 5.74) is 0.540. The van der Waals surface area contributed by atoms with Gasteiger partial charge >= 0.3 is 5.97 Å². The van der Waals surface area contributed by atoms with Gasteiger partial charge in [-0.15, -0.1) is 0 Å². The summed E-state index contributed by atoms with van der Waals surface area (Å²) >= 11 is 0. The van der Waals surface area contributed by atoms with Crippen molar-refractivity contribution in [1.82, 2.24) is 4.90 Å². The lowest BCUT2D eigenvalue weighted by molar-refractivity contribution is -0.156. The van der Waals surface area contributed by atoms with Crippen molar-refractivity contribution in [3.05, 3.63) is 66.0 Å². The first-order valence-corrected chi connectivity index (χ1v) is 8.64. The molecule has 2 aromatic carbocycles. The fraction of sp³-hybridized carbons (Fsp3) is 0.333. The molecular formula is C21H24FNO4. The van der Waals surface area contributed by atoms with Crippen LogP contribution in [-0.2, 0) is 20.9 Å². The second kappa shape index (κ2) is 9.16. The third-order valence-electron chi connectivity index (χ3n) is 3.83. The number of carbonyl (C=O) groups is 2. The maximum absolute atomic E-state index is 13.5. The number of rotatable bonds is 7. The molecule has 0 saturated heterocycles. The van der Waals surface area contributed by atoms with Crippen molar-refractivity contribution in [2.24, 2.45) is 0 Å². The van der Waals surface area contributed by atoms with Crippen molar-refractivity contribution in [1.29, 1.82) is 0 Å². The van der Waals surface area contributed by atoms with Crippen LogP contribution in [0.25, 0.3) is 0 Å². The van der Waals surface area contributed by atoms with Crippen LogP contribution in [0, 0.1) is 5.82 Å². The Labute approximate surface area is 158 Å². The highest BCUT2D eigenvalue weighted by molar-refractivity contribution is 5.81. The molecule has 1 amide bonds. The average Bonchev–Trinajstić information content (AvgIpc) is 2.63. The quantitative estimate of drug-likeness (QED) is 0.696. The van der Waals surface area contributed by atoms with Crippen LogP contribution in [0.15, 0.2) is 54.6 Å². The molecule has 0 radical (unpaired) electrons. The zero-order valence-electron chi connectivity index (χ0n) is 15.8. The predicted molar refractivity (Wildman–Crippen MR) is 99.6 cm³/mol. The molecule has 0 bridgehead atoms. The van der Waals surface area contributed by atoms with Crippen LogP contribution in [0.3, 0.4) is 0 Å². The highest BCUT2D eigenvalue weighted by Gasteiger charge is 2.27. The Morgan fingerprint density at radius 3 is 2.22 bits per heavy atom. The van der Waals surface area contributed by atoms with E-state index in [1.165, 1.54) is 18.2 Å². The fourth-order valence-electron chi connectivity index (χ4n) is 2.43. The SMILES string of the molecule is CC(C)(C)N(Cc1ccccc1)C(=O)COC(=O)COc1ccccc1F. The highest BCUT2D eigenvalue weighted by atomic mass is 19.1. The van der Waals surface area contributed by atoms with Gasteiger partial charge in [0.05, 0.1) is 0 Å². The van der Waals surface area contributed by atoms with Crippen molar-refractivity contribution < 1.29 is 23.5 Å². The summed E-state index contributed by atoms with van der Waals surface area (Å²) in [6.45, 7) is 5.28. The summed E-state index contributed by atoms with van der Waals surface area (Å²) in [6, 6.07) is 15.3. The van der Waals surface area contributed by atoms with Crippen LogP contribution in [-0.4, -0.2) is 35.5 Å². The third-order valence-corrected chi connectivity index (χ3v) is 3.83. The van der Waals surface area contributed by atoms with E-state index in [2.05, 4.69) is 0 Å². The van der Waals surface area contributed by atoms with E-state index in [-0.39, 0.29) is 11.7 Å². The molecule has 5 nitrogen and oxygen atoms in total. The summed E-state index contributed by atoms with van der Waals surface area (Å²) in [4.78, 5) is 26.0. The molecule has 0 N–H and O–H groups in total. The van der Waals surface area contributed by atoms with E-state index < -0.39 is 30.5 Å². The standard InChI is InChI=1S/C21H24FNO4/c1-21(2,3)23(13-16-9-5-4-6-10-16)19(24)14-27-20(25)15-26-18-12-8-7-11-17(18)22/h4-12H,13-15H2,1-3H3. The molecule has 0 heterocycles. The van der Waals surface area contributed by atoms with Crippen LogP contribution in [0.5, 0.6) is 5.75 Å². The van der Waals surface area contributed by atoms with E-state index in [9.17, 15) is 14.0 Å². The largest absolute Gasteiger partial charge is 0.479 e. The molecule has 0 aromatic heterocycles. The van der Waals surface area contributed by atoms with Gasteiger partial charge in [0.2, 0.25) is 0 Å². The minimum absolute atomic E-state index is 0.0406. The van der Waals surface area contributed by atoms with Gasteiger partial charge in [-0.3, -0.25) is 4.79 Å². The van der Waals surface area contributed by atoms with Gasteiger partial charge in [-0.25, -0.2) is 9.18 Å². The number of carbonyl (C=O) groups excluding carboxylic acids is 2. The first-order chi connectivity index (χ1) is 12.8. The molecule has 6 heteroatoms. The minimum atomic E-state index is -0.736.